The van der Waals surface area contributed by atoms with E-state index in [0.717, 1.165) is 19.3 Å². The van der Waals surface area contributed by atoms with Crippen molar-refractivity contribution < 1.29 is 4.74 Å². The first kappa shape index (κ1) is 11.9. The van der Waals surface area contributed by atoms with Crippen molar-refractivity contribution in [1.82, 2.24) is 0 Å². The smallest absolute Gasteiger partial charge is 0.0722 e. The second-order valence-corrected chi connectivity index (χ2v) is 3.37. The quantitative estimate of drug-likeness (QED) is 0.641. The van der Waals surface area contributed by atoms with Crippen LogP contribution in [-0.4, -0.2) is 19.3 Å². The van der Waals surface area contributed by atoms with Crippen LogP contribution in [0.3, 0.4) is 0 Å². The fraction of sp³-hybridized carbons (Fsp3) is 1.00. The molecule has 2 N–H and O–H groups in total. The highest BCUT2D eigenvalue weighted by Gasteiger charge is 2.14. The lowest BCUT2D eigenvalue weighted by Gasteiger charge is -2.21. The van der Waals surface area contributed by atoms with E-state index in [0.29, 0.717) is 0 Å². The van der Waals surface area contributed by atoms with E-state index < -0.39 is 0 Å². The Morgan fingerprint density at radius 1 is 1.17 bits per heavy atom. The molecule has 12 heavy (non-hydrogen) atoms. The van der Waals surface area contributed by atoms with Crippen LogP contribution < -0.4 is 5.73 Å². The largest absolute Gasteiger partial charge is 0.380 e. The van der Waals surface area contributed by atoms with E-state index in [-0.39, 0.29) is 12.1 Å². The van der Waals surface area contributed by atoms with Crippen molar-refractivity contribution >= 4 is 0 Å². The van der Waals surface area contributed by atoms with E-state index >= 15 is 0 Å². The van der Waals surface area contributed by atoms with E-state index in [4.69, 9.17) is 10.5 Å². The molecule has 0 aliphatic heterocycles. The normalized spacial score (nSPS) is 16.0. The molecule has 0 saturated heterocycles. The Kier molecular flexibility index (Phi) is 7.51. The Bertz CT molecular complexity index is 95.8. The van der Waals surface area contributed by atoms with Gasteiger partial charge in [0.25, 0.3) is 0 Å². The van der Waals surface area contributed by atoms with Crippen molar-refractivity contribution in [2.24, 2.45) is 5.73 Å². The minimum atomic E-state index is 0.231. The second-order valence-electron chi connectivity index (χ2n) is 3.37. The molecule has 0 aliphatic rings. The summed E-state index contributed by atoms with van der Waals surface area (Å²) in [6.45, 7) is 4.35. The standard InChI is InChI=1S/C10H23NO/c1-4-6-8-9(11)10(12-3)7-5-2/h9-10H,4-8,11H2,1-3H3. The highest BCUT2D eigenvalue weighted by atomic mass is 16.5. The molecule has 0 saturated carbocycles. The predicted octanol–water partition coefficient (Wildman–Crippen LogP) is 2.32. The summed E-state index contributed by atoms with van der Waals surface area (Å²) in [6.07, 6.45) is 6.02. The molecule has 0 bridgehead atoms. The van der Waals surface area contributed by atoms with Crippen molar-refractivity contribution in [1.29, 1.82) is 0 Å². The van der Waals surface area contributed by atoms with Gasteiger partial charge < -0.3 is 10.5 Å². The molecule has 2 heteroatoms. The summed E-state index contributed by atoms with van der Waals surface area (Å²) in [7, 11) is 1.76. The molecule has 74 valence electrons. The van der Waals surface area contributed by atoms with Gasteiger partial charge >= 0.3 is 0 Å². The van der Waals surface area contributed by atoms with E-state index in [1.165, 1.54) is 12.8 Å². The lowest BCUT2D eigenvalue weighted by atomic mass is 10.0. The van der Waals surface area contributed by atoms with Gasteiger partial charge in [0.05, 0.1) is 6.10 Å². The van der Waals surface area contributed by atoms with Gasteiger partial charge in [0.15, 0.2) is 0 Å². The van der Waals surface area contributed by atoms with E-state index in [1.54, 1.807) is 7.11 Å². The third-order valence-electron chi connectivity index (χ3n) is 2.24. The van der Waals surface area contributed by atoms with Crippen molar-refractivity contribution in [3.05, 3.63) is 0 Å². The maximum Gasteiger partial charge on any atom is 0.0722 e. The number of hydrogen-bond donors (Lipinski definition) is 1. The first-order valence-corrected chi connectivity index (χ1v) is 5.04. The molecule has 0 spiro atoms. The van der Waals surface area contributed by atoms with Gasteiger partial charge in [-0.15, -0.1) is 0 Å². The van der Waals surface area contributed by atoms with Crippen LogP contribution in [0, 0.1) is 0 Å². The maximum atomic E-state index is 5.98. The van der Waals surface area contributed by atoms with Crippen LogP contribution in [0.5, 0.6) is 0 Å². The van der Waals surface area contributed by atoms with Crippen molar-refractivity contribution in [3.63, 3.8) is 0 Å². The first-order chi connectivity index (χ1) is 5.76. The summed E-state index contributed by atoms with van der Waals surface area (Å²) < 4.78 is 5.32. The van der Waals surface area contributed by atoms with Gasteiger partial charge in [-0.2, -0.15) is 0 Å². The fourth-order valence-electron chi connectivity index (χ4n) is 1.42. The Labute approximate surface area is 76.5 Å². The number of ether oxygens (including phenoxy) is 1. The molecule has 0 aromatic rings. The van der Waals surface area contributed by atoms with Gasteiger partial charge in [0, 0.05) is 13.2 Å². The summed E-state index contributed by atoms with van der Waals surface area (Å²) in [4.78, 5) is 0. The zero-order valence-electron chi connectivity index (χ0n) is 8.68. The van der Waals surface area contributed by atoms with Crippen LogP contribution in [-0.2, 0) is 4.74 Å². The summed E-state index contributed by atoms with van der Waals surface area (Å²) in [6, 6.07) is 0.231. The van der Waals surface area contributed by atoms with Crippen LogP contribution in [0.15, 0.2) is 0 Å². The van der Waals surface area contributed by atoms with E-state index in [9.17, 15) is 0 Å². The van der Waals surface area contributed by atoms with Gasteiger partial charge in [0.1, 0.15) is 0 Å². The highest BCUT2D eigenvalue weighted by molar-refractivity contribution is 4.72. The number of rotatable bonds is 7. The van der Waals surface area contributed by atoms with Gasteiger partial charge in [-0.25, -0.2) is 0 Å². The van der Waals surface area contributed by atoms with Gasteiger partial charge in [-0.05, 0) is 12.8 Å². The molecule has 0 aromatic heterocycles. The third-order valence-corrected chi connectivity index (χ3v) is 2.24. The summed E-state index contributed by atoms with van der Waals surface area (Å²) >= 11 is 0. The molecule has 2 unspecified atom stereocenters. The zero-order valence-corrected chi connectivity index (χ0v) is 8.68. The zero-order chi connectivity index (χ0) is 9.40. The maximum absolute atomic E-state index is 5.98. The Hall–Kier alpha value is -0.0800. The Balaban J connectivity index is 3.60. The minimum absolute atomic E-state index is 0.231. The molecule has 0 fully saturated rings. The van der Waals surface area contributed by atoms with Crippen LogP contribution in [0.1, 0.15) is 46.0 Å². The predicted molar refractivity (Wildman–Crippen MR) is 53.2 cm³/mol. The average molecular weight is 173 g/mol. The summed E-state index contributed by atoms with van der Waals surface area (Å²) in [5.41, 5.74) is 5.98. The van der Waals surface area contributed by atoms with Crippen LogP contribution >= 0.6 is 0 Å². The second kappa shape index (κ2) is 7.56. The number of nitrogens with two attached hydrogens (primary N) is 1. The van der Waals surface area contributed by atoms with Crippen LogP contribution in [0.2, 0.25) is 0 Å². The Morgan fingerprint density at radius 2 is 1.83 bits per heavy atom. The molecular weight excluding hydrogens is 150 g/mol. The van der Waals surface area contributed by atoms with Crippen molar-refractivity contribution in [3.8, 4) is 0 Å². The fourth-order valence-corrected chi connectivity index (χ4v) is 1.42. The van der Waals surface area contributed by atoms with Gasteiger partial charge in [-0.3, -0.25) is 0 Å². The summed E-state index contributed by atoms with van der Waals surface area (Å²) in [5, 5.41) is 0. The summed E-state index contributed by atoms with van der Waals surface area (Å²) in [5.74, 6) is 0. The number of unbranched alkanes of at least 4 members (excludes halogenated alkanes) is 1. The topological polar surface area (TPSA) is 35.2 Å². The molecule has 0 rings (SSSR count). The van der Waals surface area contributed by atoms with Crippen molar-refractivity contribution in [2.75, 3.05) is 7.11 Å². The van der Waals surface area contributed by atoms with E-state index in [1.807, 2.05) is 0 Å². The van der Waals surface area contributed by atoms with Gasteiger partial charge in [0.2, 0.25) is 0 Å². The average Bonchev–Trinajstić information content (AvgIpc) is 2.10. The molecule has 2 nitrogen and oxygen atoms in total. The van der Waals surface area contributed by atoms with Gasteiger partial charge in [-0.1, -0.05) is 33.1 Å². The molecule has 0 radical (unpaired) electrons. The third kappa shape index (κ3) is 4.73. The highest BCUT2D eigenvalue weighted by Crippen LogP contribution is 2.10. The lowest BCUT2D eigenvalue weighted by molar-refractivity contribution is 0.0695. The molecule has 0 aromatic carbocycles. The molecule has 0 heterocycles. The Morgan fingerprint density at radius 3 is 2.25 bits per heavy atom. The van der Waals surface area contributed by atoms with Crippen LogP contribution in [0.4, 0.5) is 0 Å². The number of methoxy groups -OCH3 is 1. The minimum Gasteiger partial charge on any atom is -0.380 e. The molecular formula is C10H23NO. The van der Waals surface area contributed by atoms with Crippen molar-refractivity contribution in [2.45, 2.75) is 58.1 Å². The molecule has 2 atom stereocenters. The van der Waals surface area contributed by atoms with Crippen LogP contribution in [0.25, 0.3) is 0 Å². The molecule has 0 aliphatic carbocycles. The monoisotopic (exact) mass is 173 g/mol. The van der Waals surface area contributed by atoms with E-state index in [2.05, 4.69) is 13.8 Å². The number of hydrogen-bond acceptors (Lipinski definition) is 2. The molecule has 0 amide bonds. The lowest BCUT2D eigenvalue weighted by Crippen LogP contribution is -2.35. The SMILES string of the molecule is CCCCC(N)C(CCC)OC. The first-order valence-electron chi connectivity index (χ1n) is 5.04.